The number of nitrogens with one attached hydrogen (secondary N) is 1. The minimum absolute atomic E-state index is 0.121. The smallest absolute Gasteiger partial charge is 0.103 e. The lowest BCUT2D eigenvalue weighted by Gasteiger charge is -2.08. The van der Waals surface area contributed by atoms with Crippen molar-refractivity contribution in [1.82, 2.24) is 10.2 Å². The maximum absolute atomic E-state index is 5.13. The summed E-state index contributed by atoms with van der Waals surface area (Å²) >= 11 is 0. The van der Waals surface area contributed by atoms with Crippen molar-refractivity contribution in [2.45, 2.75) is 13.0 Å². The van der Waals surface area contributed by atoms with E-state index in [0.29, 0.717) is 0 Å². The van der Waals surface area contributed by atoms with Gasteiger partial charge in [0.05, 0.1) is 11.7 Å². The number of aromatic amines is 1. The van der Waals surface area contributed by atoms with Gasteiger partial charge in [0.1, 0.15) is 6.10 Å². The zero-order chi connectivity index (χ0) is 9.26. The fraction of sp³-hybridized carbons (Fsp3) is 0.222. The molecule has 1 aromatic heterocycles. The minimum Gasteiger partial charge on any atom is -0.297 e. The quantitative estimate of drug-likeness (QED) is 0.683. The number of aromatic nitrogens is 2. The number of benzene rings is 1. The molecule has 0 amide bonds. The molecule has 13 heavy (non-hydrogen) atoms. The highest BCUT2D eigenvalue weighted by molar-refractivity contribution is 5.81. The van der Waals surface area contributed by atoms with E-state index in [9.17, 15) is 0 Å². The monoisotopic (exact) mass is 177 g/mol. The van der Waals surface area contributed by atoms with E-state index in [-0.39, 0.29) is 6.10 Å². The number of nitrogens with zero attached hydrogens (tertiary/aromatic N) is 1. The summed E-state index contributed by atoms with van der Waals surface area (Å²) in [6.45, 7) is 1.90. The molecule has 1 heterocycles. The van der Waals surface area contributed by atoms with Crippen LogP contribution in [0, 0.1) is 0 Å². The van der Waals surface area contributed by atoms with E-state index in [0.717, 1.165) is 16.5 Å². The van der Waals surface area contributed by atoms with Crippen LogP contribution in [-0.2, 0) is 4.84 Å². The van der Waals surface area contributed by atoms with Crippen LogP contribution in [0.1, 0.15) is 18.6 Å². The molecule has 1 aromatic carbocycles. The van der Waals surface area contributed by atoms with Gasteiger partial charge in [-0.15, -0.1) is 0 Å². The summed E-state index contributed by atoms with van der Waals surface area (Å²) < 4.78 is 0. The number of rotatable bonds is 2. The number of hydrogen-bond acceptors (Lipinski definition) is 3. The van der Waals surface area contributed by atoms with Crippen LogP contribution in [0.15, 0.2) is 24.4 Å². The minimum atomic E-state index is -0.121. The molecule has 0 saturated carbocycles. The van der Waals surface area contributed by atoms with Crippen molar-refractivity contribution in [3.63, 3.8) is 0 Å². The SMILES string of the molecule is CC(ON)c1cccc2cn[nH]c12. The molecular formula is C9H11N3O. The van der Waals surface area contributed by atoms with Crippen molar-refractivity contribution in [3.05, 3.63) is 30.0 Å². The van der Waals surface area contributed by atoms with Crippen LogP contribution in [-0.4, -0.2) is 10.2 Å². The molecule has 0 spiro atoms. The molecule has 0 fully saturated rings. The second-order valence-corrected chi connectivity index (χ2v) is 2.96. The van der Waals surface area contributed by atoms with Gasteiger partial charge >= 0.3 is 0 Å². The number of hydrogen-bond donors (Lipinski definition) is 2. The van der Waals surface area contributed by atoms with Crippen LogP contribution in [0.2, 0.25) is 0 Å². The summed E-state index contributed by atoms with van der Waals surface area (Å²) in [7, 11) is 0. The highest BCUT2D eigenvalue weighted by Gasteiger charge is 2.09. The molecule has 3 N–H and O–H groups in total. The Balaban J connectivity index is 2.60. The third kappa shape index (κ3) is 1.30. The number of para-hydroxylation sites is 1. The summed E-state index contributed by atoms with van der Waals surface area (Å²) in [5, 5.41) is 7.95. The van der Waals surface area contributed by atoms with Gasteiger partial charge in [-0.3, -0.25) is 9.94 Å². The molecule has 2 rings (SSSR count). The molecule has 0 aliphatic heterocycles. The van der Waals surface area contributed by atoms with Gasteiger partial charge in [0.25, 0.3) is 0 Å². The number of nitrogens with two attached hydrogens (primary N) is 1. The highest BCUT2D eigenvalue weighted by atomic mass is 16.6. The summed E-state index contributed by atoms with van der Waals surface area (Å²) in [5.41, 5.74) is 2.01. The van der Waals surface area contributed by atoms with E-state index in [2.05, 4.69) is 10.2 Å². The lowest BCUT2D eigenvalue weighted by molar-refractivity contribution is 0.0673. The van der Waals surface area contributed by atoms with E-state index in [1.165, 1.54) is 0 Å². The molecule has 0 aliphatic rings. The van der Waals surface area contributed by atoms with Crippen LogP contribution in [0.25, 0.3) is 10.9 Å². The third-order valence-corrected chi connectivity index (χ3v) is 2.15. The predicted octanol–water partition coefficient (Wildman–Crippen LogP) is 1.51. The van der Waals surface area contributed by atoms with Gasteiger partial charge in [-0.25, -0.2) is 5.90 Å². The van der Waals surface area contributed by atoms with E-state index in [1.54, 1.807) is 6.20 Å². The fourth-order valence-electron chi connectivity index (χ4n) is 1.40. The maximum Gasteiger partial charge on any atom is 0.103 e. The molecule has 0 aliphatic carbocycles. The lowest BCUT2D eigenvalue weighted by Crippen LogP contribution is -2.05. The van der Waals surface area contributed by atoms with Gasteiger partial charge in [0.15, 0.2) is 0 Å². The zero-order valence-electron chi connectivity index (χ0n) is 7.32. The Morgan fingerprint density at radius 3 is 3.15 bits per heavy atom. The van der Waals surface area contributed by atoms with E-state index < -0.39 is 0 Å². The first-order chi connectivity index (χ1) is 6.33. The Morgan fingerprint density at radius 2 is 2.38 bits per heavy atom. The van der Waals surface area contributed by atoms with Crippen molar-refractivity contribution >= 4 is 10.9 Å². The van der Waals surface area contributed by atoms with Gasteiger partial charge in [-0.2, -0.15) is 5.10 Å². The predicted molar refractivity (Wildman–Crippen MR) is 49.8 cm³/mol. The fourth-order valence-corrected chi connectivity index (χ4v) is 1.40. The molecule has 1 atom stereocenters. The average molecular weight is 177 g/mol. The Bertz CT molecular complexity index is 410. The molecule has 4 heteroatoms. The second kappa shape index (κ2) is 3.16. The van der Waals surface area contributed by atoms with Crippen LogP contribution in [0.5, 0.6) is 0 Å². The summed E-state index contributed by atoms with van der Waals surface area (Å²) in [5.74, 6) is 5.13. The summed E-state index contributed by atoms with van der Waals surface area (Å²) in [6.07, 6.45) is 1.66. The molecule has 4 nitrogen and oxygen atoms in total. The topological polar surface area (TPSA) is 63.9 Å². The van der Waals surface area contributed by atoms with Crippen LogP contribution in [0.3, 0.4) is 0 Å². The Kier molecular flexibility index (Phi) is 2.00. The van der Waals surface area contributed by atoms with Crippen molar-refractivity contribution < 1.29 is 4.84 Å². The van der Waals surface area contributed by atoms with Crippen LogP contribution >= 0.6 is 0 Å². The van der Waals surface area contributed by atoms with Gasteiger partial charge in [-0.1, -0.05) is 18.2 Å². The normalized spacial score (nSPS) is 13.4. The number of H-pyrrole nitrogens is 1. The van der Waals surface area contributed by atoms with E-state index >= 15 is 0 Å². The highest BCUT2D eigenvalue weighted by Crippen LogP contribution is 2.22. The van der Waals surface area contributed by atoms with Gasteiger partial charge in [-0.05, 0) is 6.92 Å². The molecular weight excluding hydrogens is 166 g/mol. The zero-order valence-corrected chi connectivity index (χ0v) is 7.32. The van der Waals surface area contributed by atoms with Gasteiger partial charge in [0.2, 0.25) is 0 Å². The van der Waals surface area contributed by atoms with Crippen molar-refractivity contribution in [2.75, 3.05) is 0 Å². The molecule has 0 bridgehead atoms. The second-order valence-electron chi connectivity index (χ2n) is 2.96. The Morgan fingerprint density at radius 1 is 1.54 bits per heavy atom. The Hall–Kier alpha value is -1.39. The lowest BCUT2D eigenvalue weighted by atomic mass is 10.1. The largest absolute Gasteiger partial charge is 0.297 e. The first-order valence-electron chi connectivity index (χ1n) is 4.10. The molecule has 1 unspecified atom stereocenters. The van der Waals surface area contributed by atoms with E-state index in [1.807, 2.05) is 25.1 Å². The van der Waals surface area contributed by atoms with Crippen LogP contribution in [0.4, 0.5) is 0 Å². The van der Waals surface area contributed by atoms with E-state index in [4.69, 9.17) is 10.7 Å². The number of fused-ring (bicyclic) bond motifs is 1. The summed E-state index contributed by atoms with van der Waals surface area (Å²) in [6, 6.07) is 5.92. The van der Waals surface area contributed by atoms with Crippen molar-refractivity contribution in [3.8, 4) is 0 Å². The first kappa shape index (κ1) is 8.22. The average Bonchev–Trinajstić information content (AvgIpc) is 2.63. The van der Waals surface area contributed by atoms with Gasteiger partial charge in [0, 0.05) is 10.9 Å². The third-order valence-electron chi connectivity index (χ3n) is 2.15. The first-order valence-corrected chi connectivity index (χ1v) is 4.10. The van der Waals surface area contributed by atoms with Gasteiger partial charge < -0.3 is 0 Å². The maximum atomic E-state index is 5.13. The molecule has 2 aromatic rings. The van der Waals surface area contributed by atoms with Crippen molar-refractivity contribution in [2.24, 2.45) is 5.90 Å². The Labute approximate surface area is 75.6 Å². The molecule has 68 valence electrons. The molecule has 0 radical (unpaired) electrons. The standard InChI is InChI=1S/C9H11N3O/c1-6(13-10)8-4-2-3-7-5-11-12-9(7)8/h2-6H,10H2,1H3,(H,11,12). The van der Waals surface area contributed by atoms with Crippen LogP contribution < -0.4 is 5.90 Å². The summed E-state index contributed by atoms with van der Waals surface area (Å²) in [4.78, 5) is 4.77. The molecule has 0 saturated heterocycles. The van der Waals surface area contributed by atoms with Crippen molar-refractivity contribution in [1.29, 1.82) is 0 Å².